The van der Waals surface area contributed by atoms with Gasteiger partial charge in [0, 0.05) is 17.1 Å². The highest BCUT2D eigenvalue weighted by molar-refractivity contribution is 6.31. The Morgan fingerprint density at radius 3 is 2.55 bits per heavy atom. The van der Waals surface area contributed by atoms with Crippen LogP contribution in [-0.2, 0) is 4.79 Å². The predicted molar refractivity (Wildman–Crippen MR) is 91.8 cm³/mol. The molecule has 2 aromatic rings. The minimum absolute atomic E-state index is 0.0199. The molecular weight excluding hydrogens is 298 g/mol. The Hall–Kier alpha value is -2.07. The van der Waals surface area contributed by atoms with Gasteiger partial charge in [0.25, 0.3) is 0 Å². The highest BCUT2D eigenvalue weighted by atomic mass is 35.5. The molecule has 0 saturated heterocycles. The van der Waals surface area contributed by atoms with Gasteiger partial charge in [-0.2, -0.15) is 0 Å². The molecule has 0 bridgehead atoms. The summed E-state index contributed by atoms with van der Waals surface area (Å²) >= 11 is 6.10. The molecule has 5 heteroatoms. The number of rotatable bonds is 5. The first-order chi connectivity index (χ1) is 10.4. The third-order valence-corrected chi connectivity index (χ3v) is 3.49. The van der Waals surface area contributed by atoms with E-state index in [1.807, 2.05) is 45.0 Å². The van der Waals surface area contributed by atoms with Crippen LogP contribution >= 0.6 is 11.6 Å². The van der Waals surface area contributed by atoms with Crippen molar-refractivity contribution in [1.82, 2.24) is 4.98 Å². The van der Waals surface area contributed by atoms with Crippen molar-refractivity contribution in [2.75, 3.05) is 10.6 Å². The molecule has 1 amide bonds. The van der Waals surface area contributed by atoms with E-state index in [0.717, 1.165) is 22.0 Å². The summed E-state index contributed by atoms with van der Waals surface area (Å²) in [5, 5.41) is 6.73. The second kappa shape index (κ2) is 7.27. The highest BCUT2D eigenvalue weighted by Gasteiger charge is 2.06. The number of hydrogen-bond donors (Lipinski definition) is 2. The molecule has 0 fully saturated rings. The van der Waals surface area contributed by atoms with Gasteiger partial charge in [-0.3, -0.25) is 4.79 Å². The Balaban J connectivity index is 1.99. The normalized spacial score (nSPS) is 10.6. The van der Waals surface area contributed by atoms with Crippen LogP contribution in [0.25, 0.3) is 0 Å². The lowest BCUT2D eigenvalue weighted by Crippen LogP contribution is -2.14. The third kappa shape index (κ3) is 4.74. The van der Waals surface area contributed by atoms with Crippen LogP contribution < -0.4 is 10.6 Å². The molecular formula is C17H20ClN3O. The van der Waals surface area contributed by atoms with E-state index >= 15 is 0 Å². The number of pyridine rings is 1. The number of aryl methyl sites for hydroxylation is 1. The monoisotopic (exact) mass is 317 g/mol. The Morgan fingerprint density at radius 1 is 1.23 bits per heavy atom. The molecule has 116 valence electrons. The molecule has 1 aromatic heterocycles. The highest BCUT2D eigenvalue weighted by Crippen LogP contribution is 2.23. The minimum atomic E-state index is -0.0199. The van der Waals surface area contributed by atoms with E-state index < -0.39 is 0 Å². The van der Waals surface area contributed by atoms with E-state index in [4.69, 9.17) is 11.6 Å². The predicted octanol–water partition coefficient (Wildman–Crippen LogP) is 4.77. The fraction of sp³-hybridized carbons (Fsp3) is 0.294. The maximum atomic E-state index is 11.7. The molecule has 1 aromatic carbocycles. The molecule has 0 saturated carbocycles. The van der Waals surface area contributed by atoms with Crippen LogP contribution in [0.15, 0.2) is 36.5 Å². The summed E-state index contributed by atoms with van der Waals surface area (Å²) in [7, 11) is 0. The second-order valence-corrected chi connectivity index (χ2v) is 6.07. The van der Waals surface area contributed by atoms with E-state index in [9.17, 15) is 4.79 Å². The number of carbonyl (C=O) groups is 1. The van der Waals surface area contributed by atoms with Gasteiger partial charge in [0.05, 0.1) is 11.9 Å². The van der Waals surface area contributed by atoms with E-state index in [1.54, 1.807) is 12.3 Å². The average molecular weight is 318 g/mol. The molecule has 4 nitrogen and oxygen atoms in total. The number of nitrogens with zero attached hydrogens (tertiary/aromatic N) is 1. The van der Waals surface area contributed by atoms with Crippen LogP contribution in [0.2, 0.25) is 5.02 Å². The number of amides is 1. The number of nitrogens with one attached hydrogen (secondary N) is 2. The van der Waals surface area contributed by atoms with Crippen molar-refractivity contribution in [3.05, 3.63) is 47.1 Å². The van der Waals surface area contributed by atoms with Gasteiger partial charge in [0.1, 0.15) is 5.82 Å². The largest absolute Gasteiger partial charge is 0.354 e. The number of aromatic nitrogens is 1. The Labute approximate surface area is 135 Å². The van der Waals surface area contributed by atoms with Crippen LogP contribution in [0.4, 0.5) is 17.2 Å². The molecule has 0 aliphatic rings. The third-order valence-electron chi connectivity index (χ3n) is 3.09. The Kier molecular flexibility index (Phi) is 5.39. The van der Waals surface area contributed by atoms with Crippen LogP contribution in [0.1, 0.15) is 25.8 Å². The fourth-order valence-electron chi connectivity index (χ4n) is 1.94. The van der Waals surface area contributed by atoms with E-state index in [2.05, 4.69) is 15.6 Å². The number of anilines is 3. The number of benzene rings is 1. The zero-order valence-electron chi connectivity index (χ0n) is 13.0. The maximum Gasteiger partial charge on any atom is 0.225 e. The van der Waals surface area contributed by atoms with E-state index in [-0.39, 0.29) is 5.91 Å². The molecule has 0 atom stereocenters. The lowest BCUT2D eigenvalue weighted by Gasteiger charge is -2.09. The molecule has 22 heavy (non-hydrogen) atoms. The number of carbonyl (C=O) groups excluding carboxylic acids is 1. The smallest absolute Gasteiger partial charge is 0.225 e. The first-order valence-electron chi connectivity index (χ1n) is 7.23. The van der Waals surface area contributed by atoms with Crippen LogP contribution in [0, 0.1) is 12.8 Å². The standard InChI is InChI=1S/C17H20ClN3O/c1-11(2)8-17(22)21-16-7-6-14(10-19-16)20-13-5-4-12(3)15(18)9-13/h4-7,9-11,20H,8H2,1-3H3,(H,19,21,22). The van der Waals surface area contributed by atoms with Crippen molar-refractivity contribution in [1.29, 1.82) is 0 Å². The molecule has 2 N–H and O–H groups in total. The molecule has 0 unspecified atom stereocenters. The summed E-state index contributed by atoms with van der Waals surface area (Å²) in [6.45, 7) is 5.97. The summed E-state index contributed by atoms with van der Waals surface area (Å²) in [5.41, 5.74) is 2.77. The van der Waals surface area contributed by atoms with Crippen LogP contribution in [-0.4, -0.2) is 10.9 Å². The maximum absolute atomic E-state index is 11.7. The van der Waals surface area contributed by atoms with Gasteiger partial charge in [-0.1, -0.05) is 31.5 Å². The molecule has 0 spiro atoms. The molecule has 2 rings (SSSR count). The molecule has 0 aliphatic carbocycles. The topological polar surface area (TPSA) is 54.0 Å². The summed E-state index contributed by atoms with van der Waals surface area (Å²) in [4.78, 5) is 15.9. The minimum Gasteiger partial charge on any atom is -0.354 e. The van der Waals surface area contributed by atoms with Gasteiger partial charge < -0.3 is 10.6 Å². The van der Waals surface area contributed by atoms with Crippen molar-refractivity contribution in [2.45, 2.75) is 27.2 Å². The van der Waals surface area contributed by atoms with Crippen LogP contribution in [0.5, 0.6) is 0 Å². The second-order valence-electron chi connectivity index (χ2n) is 5.67. The van der Waals surface area contributed by atoms with Gasteiger partial charge in [-0.25, -0.2) is 4.98 Å². The zero-order chi connectivity index (χ0) is 16.1. The van der Waals surface area contributed by atoms with Gasteiger partial charge in [-0.15, -0.1) is 0 Å². The zero-order valence-corrected chi connectivity index (χ0v) is 13.7. The van der Waals surface area contributed by atoms with Crippen molar-refractivity contribution >= 4 is 34.7 Å². The van der Waals surface area contributed by atoms with Gasteiger partial charge in [0.15, 0.2) is 0 Å². The average Bonchev–Trinajstić information content (AvgIpc) is 2.44. The van der Waals surface area contributed by atoms with E-state index in [0.29, 0.717) is 18.2 Å². The Morgan fingerprint density at radius 2 is 1.95 bits per heavy atom. The fourth-order valence-corrected chi connectivity index (χ4v) is 2.12. The van der Waals surface area contributed by atoms with E-state index in [1.165, 1.54) is 0 Å². The quantitative estimate of drug-likeness (QED) is 0.835. The Bertz CT molecular complexity index is 653. The first-order valence-corrected chi connectivity index (χ1v) is 7.61. The summed E-state index contributed by atoms with van der Waals surface area (Å²) < 4.78 is 0. The van der Waals surface area contributed by atoms with Crippen molar-refractivity contribution in [2.24, 2.45) is 5.92 Å². The molecule has 0 aliphatic heterocycles. The summed E-state index contributed by atoms with van der Waals surface area (Å²) in [5.74, 6) is 0.860. The lowest BCUT2D eigenvalue weighted by molar-refractivity contribution is -0.116. The van der Waals surface area contributed by atoms with Crippen LogP contribution in [0.3, 0.4) is 0 Å². The van der Waals surface area contributed by atoms with Crippen molar-refractivity contribution in [3.8, 4) is 0 Å². The SMILES string of the molecule is Cc1ccc(Nc2ccc(NC(=O)CC(C)C)nc2)cc1Cl. The van der Waals surface area contributed by atoms with Gasteiger partial charge in [0.2, 0.25) is 5.91 Å². The lowest BCUT2D eigenvalue weighted by atomic mass is 10.1. The summed E-state index contributed by atoms with van der Waals surface area (Å²) in [6.07, 6.45) is 2.17. The first kappa shape index (κ1) is 16.3. The van der Waals surface area contributed by atoms with Crippen molar-refractivity contribution in [3.63, 3.8) is 0 Å². The molecule has 0 radical (unpaired) electrons. The summed E-state index contributed by atoms with van der Waals surface area (Å²) in [6, 6.07) is 9.43. The number of hydrogen-bond acceptors (Lipinski definition) is 3. The van der Waals surface area contributed by atoms with Gasteiger partial charge >= 0.3 is 0 Å². The van der Waals surface area contributed by atoms with Gasteiger partial charge in [-0.05, 0) is 42.7 Å². The van der Waals surface area contributed by atoms with Crippen molar-refractivity contribution < 1.29 is 4.79 Å². The molecule has 1 heterocycles. The number of halogens is 1.